The third-order valence-electron chi connectivity index (χ3n) is 4.87. The van der Waals surface area contributed by atoms with Gasteiger partial charge in [0.1, 0.15) is 6.10 Å². The Hall–Kier alpha value is -1.31. The molecule has 0 bridgehead atoms. The smallest absolute Gasteiger partial charge is 0.311 e. The summed E-state index contributed by atoms with van der Waals surface area (Å²) in [5.41, 5.74) is 2.36. The standard InChI is InChI=1S/C18H24O2/c1-17(2,3)16(19)20-15-14-9-5-4-8-13(14)12-18(15)10-6-7-11-18/h4-5,8-9,15H,6-7,10-12H2,1-3H3. The van der Waals surface area contributed by atoms with Gasteiger partial charge in [0.2, 0.25) is 0 Å². The summed E-state index contributed by atoms with van der Waals surface area (Å²) in [7, 11) is 0. The zero-order valence-corrected chi connectivity index (χ0v) is 12.7. The first-order valence-electron chi connectivity index (χ1n) is 7.71. The van der Waals surface area contributed by atoms with Crippen LogP contribution < -0.4 is 0 Å². The number of fused-ring (bicyclic) bond motifs is 1. The fourth-order valence-electron chi connectivity index (χ4n) is 3.74. The van der Waals surface area contributed by atoms with Crippen LogP contribution in [0, 0.1) is 10.8 Å². The number of carbonyl (C=O) groups is 1. The Labute approximate surface area is 121 Å². The molecule has 1 spiro atoms. The van der Waals surface area contributed by atoms with Gasteiger partial charge in [-0.2, -0.15) is 0 Å². The van der Waals surface area contributed by atoms with Crippen molar-refractivity contribution in [2.75, 3.05) is 0 Å². The number of rotatable bonds is 1. The first-order chi connectivity index (χ1) is 9.42. The average molecular weight is 272 g/mol. The molecule has 0 N–H and O–H groups in total. The van der Waals surface area contributed by atoms with Crippen molar-refractivity contribution in [3.8, 4) is 0 Å². The topological polar surface area (TPSA) is 26.3 Å². The Morgan fingerprint density at radius 3 is 2.50 bits per heavy atom. The number of carbonyl (C=O) groups excluding carboxylic acids is 1. The van der Waals surface area contributed by atoms with Crippen LogP contribution in [0.3, 0.4) is 0 Å². The summed E-state index contributed by atoms with van der Waals surface area (Å²) < 4.78 is 6.00. The molecule has 0 radical (unpaired) electrons. The molecule has 1 atom stereocenters. The lowest BCUT2D eigenvalue weighted by atomic mass is 9.80. The van der Waals surface area contributed by atoms with E-state index in [4.69, 9.17) is 4.74 Å². The molecular formula is C18H24O2. The van der Waals surface area contributed by atoms with Crippen molar-refractivity contribution >= 4 is 5.97 Å². The van der Waals surface area contributed by atoms with Crippen LogP contribution in [0.4, 0.5) is 0 Å². The van der Waals surface area contributed by atoms with Crippen molar-refractivity contribution in [1.29, 1.82) is 0 Å². The summed E-state index contributed by atoms with van der Waals surface area (Å²) in [6, 6.07) is 8.49. The molecule has 0 aliphatic heterocycles. The van der Waals surface area contributed by atoms with Gasteiger partial charge in [0.25, 0.3) is 0 Å². The van der Waals surface area contributed by atoms with E-state index in [2.05, 4.69) is 24.3 Å². The molecule has 2 aliphatic rings. The van der Waals surface area contributed by atoms with E-state index >= 15 is 0 Å². The minimum Gasteiger partial charge on any atom is -0.456 e. The van der Waals surface area contributed by atoms with E-state index in [0.29, 0.717) is 0 Å². The molecular weight excluding hydrogens is 248 g/mol. The maximum atomic E-state index is 12.3. The summed E-state index contributed by atoms with van der Waals surface area (Å²) >= 11 is 0. The fraction of sp³-hybridized carbons (Fsp3) is 0.611. The van der Waals surface area contributed by atoms with Crippen LogP contribution in [0.25, 0.3) is 0 Å². The Balaban J connectivity index is 1.94. The van der Waals surface area contributed by atoms with E-state index in [1.165, 1.54) is 36.8 Å². The van der Waals surface area contributed by atoms with Crippen LogP contribution >= 0.6 is 0 Å². The first kappa shape index (κ1) is 13.7. The normalized spacial score (nSPS) is 23.9. The van der Waals surface area contributed by atoms with Crippen molar-refractivity contribution in [2.45, 2.75) is 59.0 Å². The first-order valence-corrected chi connectivity index (χ1v) is 7.71. The highest BCUT2D eigenvalue weighted by atomic mass is 16.5. The van der Waals surface area contributed by atoms with Crippen molar-refractivity contribution in [3.63, 3.8) is 0 Å². The van der Waals surface area contributed by atoms with Crippen molar-refractivity contribution in [1.82, 2.24) is 0 Å². The molecule has 2 nitrogen and oxygen atoms in total. The third-order valence-corrected chi connectivity index (χ3v) is 4.87. The van der Waals surface area contributed by atoms with Gasteiger partial charge in [-0.05, 0) is 51.2 Å². The van der Waals surface area contributed by atoms with Gasteiger partial charge in [0.05, 0.1) is 5.41 Å². The Bertz CT molecular complexity index is 518. The van der Waals surface area contributed by atoms with Gasteiger partial charge in [-0.15, -0.1) is 0 Å². The van der Waals surface area contributed by atoms with Crippen LogP contribution in [0.1, 0.15) is 63.7 Å². The SMILES string of the molecule is CC(C)(C)C(=O)OC1c2ccccc2CC12CCCC2. The lowest BCUT2D eigenvalue weighted by molar-refractivity contribution is -0.165. The fourth-order valence-corrected chi connectivity index (χ4v) is 3.74. The number of hydrogen-bond acceptors (Lipinski definition) is 2. The number of hydrogen-bond donors (Lipinski definition) is 0. The lowest BCUT2D eigenvalue weighted by Gasteiger charge is -2.33. The second kappa shape index (κ2) is 4.61. The predicted octanol–water partition coefficient (Wildman–Crippen LogP) is 4.43. The van der Waals surface area contributed by atoms with Crippen LogP contribution in [0.15, 0.2) is 24.3 Å². The summed E-state index contributed by atoms with van der Waals surface area (Å²) in [5.74, 6) is -0.0783. The Morgan fingerprint density at radius 2 is 1.85 bits per heavy atom. The van der Waals surface area contributed by atoms with Gasteiger partial charge in [-0.3, -0.25) is 4.79 Å². The summed E-state index contributed by atoms with van der Waals surface area (Å²) in [6.45, 7) is 5.78. The second-order valence-corrected chi connectivity index (χ2v) is 7.48. The molecule has 1 unspecified atom stereocenters. The zero-order valence-electron chi connectivity index (χ0n) is 12.7. The number of ether oxygens (including phenoxy) is 1. The van der Waals surface area contributed by atoms with E-state index in [-0.39, 0.29) is 17.5 Å². The molecule has 2 heteroatoms. The molecule has 1 aromatic rings. The summed E-state index contributed by atoms with van der Waals surface area (Å²) in [6.07, 6.45) is 5.93. The lowest BCUT2D eigenvalue weighted by Crippen LogP contribution is -2.31. The molecule has 20 heavy (non-hydrogen) atoms. The maximum absolute atomic E-state index is 12.3. The zero-order chi connectivity index (χ0) is 14.4. The molecule has 1 fully saturated rings. The summed E-state index contributed by atoms with van der Waals surface area (Å²) in [5, 5.41) is 0. The highest BCUT2D eigenvalue weighted by molar-refractivity contribution is 5.76. The molecule has 0 aromatic heterocycles. The second-order valence-electron chi connectivity index (χ2n) is 7.48. The number of benzene rings is 1. The van der Waals surface area contributed by atoms with Gasteiger partial charge < -0.3 is 4.74 Å². The van der Waals surface area contributed by atoms with Crippen molar-refractivity contribution in [2.24, 2.45) is 10.8 Å². The van der Waals surface area contributed by atoms with Gasteiger partial charge in [0, 0.05) is 5.41 Å². The monoisotopic (exact) mass is 272 g/mol. The number of esters is 1. The largest absolute Gasteiger partial charge is 0.456 e. The van der Waals surface area contributed by atoms with Gasteiger partial charge in [-0.1, -0.05) is 37.1 Å². The van der Waals surface area contributed by atoms with Crippen molar-refractivity contribution < 1.29 is 9.53 Å². The maximum Gasteiger partial charge on any atom is 0.311 e. The molecule has 0 amide bonds. The van der Waals surface area contributed by atoms with Gasteiger partial charge in [-0.25, -0.2) is 0 Å². The molecule has 3 rings (SSSR count). The summed E-state index contributed by atoms with van der Waals surface area (Å²) in [4.78, 5) is 12.3. The quantitative estimate of drug-likeness (QED) is 0.707. The molecule has 2 aliphatic carbocycles. The van der Waals surface area contributed by atoms with Gasteiger partial charge in [0.15, 0.2) is 0 Å². The van der Waals surface area contributed by atoms with Gasteiger partial charge >= 0.3 is 5.97 Å². The van der Waals surface area contributed by atoms with Crippen LogP contribution in [-0.2, 0) is 16.0 Å². The minimum absolute atomic E-state index is 0.0343. The molecule has 0 heterocycles. The molecule has 1 aromatic carbocycles. The Kier molecular flexibility index (Phi) is 3.15. The molecule has 108 valence electrons. The van der Waals surface area contributed by atoms with E-state index < -0.39 is 5.41 Å². The third kappa shape index (κ3) is 2.15. The van der Waals surface area contributed by atoms with E-state index in [0.717, 1.165) is 6.42 Å². The van der Waals surface area contributed by atoms with Crippen molar-refractivity contribution in [3.05, 3.63) is 35.4 Å². The highest BCUT2D eigenvalue weighted by Gasteiger charge is 2.50. The van der Waals surface area contributed by atoms with Crippen LogP contribution in [-0.4, -0.2) is 5.97 Å². The molecule has 0 saturated heterocycles. The van der Waals surface area contributed by atoms with Crippen LogP contribution in [0.2, 0.25) is 0 Å². The van der Waals surface area contributed by atoms with E-state index in [1.54, 1.807) is 0 Å². The van der Waals surface area contributed by atoms with E-state index in [1.807, 2.05) is 20.8 Å². The Morgan fingerprint density at radius 1 is 1.20 bits per heavy atom. The molecule has 1 saturated carbocycles. The predicted molar refractivity (Wildman–Crippen MR) is 79.3 cm³/mol. The van der Waals surface area contributed by atoms with E-state index in [9.17, 15) is 4.79 Å². The highest BCUT2D eigenvalue weighted by Crippen LogP contribution is 2.57. The minimum atomic E-state index is -0.433. The average Bonchev–Trinajstić information content (AvgIpc) is 2.96. The van der Waals surface area contributed by atoms with Crippen LogP contribution in [0.5, 0.6) is 0 Å².